The van der Waals surface area contributed by atoms with E-state index in [-0.39, 0.29) is 5.92 Å². The Morgan fingerprint density at radius 3 is 3.00 bits per heavy atom. The van der Waals surface area contributed by atoms with E-state index in [1.54, 1.807) is 24.6 Å². The first kappa shape index (κ1) is 25.3. The van der Waals surface area contributed by atoms with Crippen molar-refractivity contribution in [1.29, 1.82) is 0 Å². The molecule has 0 spiro atoms. The highest BCUT2D eigenvalue weighted by Gasteiger charge is 2.34. The molecule has 3 heterocycles. The highest BCUT2D eigenvalue weighted by molar-refractivity contribution is 8.01. The Bertz CT molecular complexity index is 1110. The summed E-state index contributed by atoms with van der Waals surface area (Å²) in [5.41, 5.74) is 1.36. The topological polar surface area (TPSA) is 82.9 Å². The number of piperidine rings is 1. The Hall–Kier alpha value is -1.84. The van der Waals surface area contributed by atoms with Gasteiger partial charge in [0.15, 0.2) is 0 Å². The van der Waals surface area contributed by atoms with Crippen LogP contribution in [0.1, 0.15) is 30.9 Å². The number of carboxylic acid groups (broad SMARTS) is 1. The highest BCUT2D eigenvalue weighted by Crippen LogP contribution is 2.37. The summed E-state index contributed by atoms with van der Waals surface area (Å²) in [6.45, 7) is 2.31. The fourth-order valence-corrected chi connectivity index (χ4v) is 6.81. The molecule has 0 saturated carbocycles. The van der Waals surface area contributed by atoms with E-state index in [2.05, 4.69) is 21.3 Å². The molecule has 6 nitrogen and oxygen atoms in total. The number of methoxy groups -OCH3 is 1. The van der Waals surface area contributed by atoms with Gasteiger partial charge in [0, 0.05) is 36.0 Å². The second-order valence-corrected chi connectivity index (χ2v) is 11.3. The van der Waals surface area contributed by atoms with E-state index < -0.39 is 18.0 Å². The van der Waals surface area contributed by atoms with Crippen molar-refractivity contribution in [2.24, 2.45) is 11.8 Å². The van der Waals surface area contributed by atoms with E-state index in [1.165, 1.54) is 4.21 Å². The average molecular weight is 521 g/mol. The minimum absolute atomic E-state index is 0.0229. The molecule has 1 fully saturated rings. The minimum Gasteiger partial charge on any atom is -0.497 e. The molecule has 1 saturated heterocycles. The second kappa shape index (κ2) is 11.7. The number of likely N-dealkylation sites (tertiary alicyclic amines) is 1. The van der Waals surface area contributed by atoms with Crippen LogP contribution in [0.25, 0.3) is 10.9 Å². The lowest BCUT2D eigenvalue weighted by Crippen LogP contribution is -2.44. The number of ether oxygens (including phenoxy) is 1. The molecule has 0 aliphatic carbocycles. The van der Waals surface area contributed by atoms with Crippen LogP contribution < -0.4 is 4.74 Å². The fraction of sp³-hybridized carbons (Fsp3) is 0.440. The Balaban J connectivity index is 1.38. The number of thioether (sulfide) groups is 1. The summed E-state index contributed by atoms with van der Waals surface area (Å²) in [7, 11) is 1.59. The first-order chi connectivity index (χ1) is 16.5. The number of pyridine rings is 1. The maximum atomic E-state index is 12.0. The molecule has 4 rings (SSSR count). The molecule has 3 atom stereocenters. The van der Waals surface area contributed by atoms with E-state index in [1.807, 2.05) is 36.0 Å². The van der Waals surface area contributed by atoms with Gasteiger partial charge in [0.25, 0.3) is 0 Å². The van der Waals surface area contributed by atoms with Crippen LogP contribution >= 0.6 is 34.7 Å². The van der Waals surface area contributed by atoms with Gasteiger partial charge < -0.3 is 19.8 Å². The predicted octanol–water partition coefficient (Wildman–Crippen LogP) is 5.59. The summed E-state index contributed by atoms with van der Waals surface area (Å²) >= 11 is 9.98. The zero-order valence-electron chi connectivity index (χ0n) is 19.0. The molecule has 1 unspecified atom stereocenters. The van der Waals surface area contributed by atoms with Crippen molar-refractivity contribution in [3.63, 3.8) is 0 Å². The number of aromatic nitrogens is 1. The maximum Gasteiger partial charge on any atom is 0.308 e. The average Bonchev–Trinajstić information content (AvgIpc) is 3.36. The summed E-state index contributed by atoms with van der Waals surface area (Å²) in [4.78, 5) is 18.7. The smallest absolute Gasteiger partial charge is 0.308 e. The molecule has 1 aromatic carbocycles. The quantitative estimate of drug-likeness (QED) is 0.337. The monoisotopic (exact) mass is 520 g/mol. The Labute approximate surface area is 212 Å². The van der Waals surface area contributed by atoms with E-state index >= 15 is 0 Å². The zero-order chi connectivity index (χ0) is 24.1. The standard InChI is InChI=1S/C25H29ClN2O4S2/c1-32-17-5-6-21-18(13-17)24(20(26)14-27-21)22(29)7-4-16-8-9-28(15-19(16)25(30)31)10-12-34-23-3-2-11-33-23/h2-3,5-6,11,13-14,16,19,22,29H,4,7-10,12,15H2,1H3,(H,30,31)/t16?,19-,22-/m1/s1. The van der Waals surface area contributed by atoms with E-state index in [0.29, 0.717) is 35.7 Å². The van der Waals surface area contributed by atoms with Gasteiger partial charge in [-0.25, -0.2) is 0 Å². The molecule has 2 N–H and O–H groups in total. The van der Waals surface area contributed by atoms with E-state index in [9.17, 15) is 15.0 Å². The van der Waals surface area contributed by atoms with Crippen molar-refractivity contribution < 1.29 is 19.7 Å². The first-order valence-corrected chi connectivity index (χ1v) is 13.6. The summed E-state index contributed by atoms with van der Waals surface area (Å²) in [6, 6.07) is 9.66. The molecule has 1 aliphatic heterocycles. The molecule has 0 radical (unpaired) electrons. The minimum atomic E-state index is -0.806. The van der Waals surface area contributed by atoms with Crippen molar-refractivity contribution in [3.8, 4) is 5.75 Å². The van der Waals surface area contributed by atoms with Crippen LogP contribution in [0.5, 0.6) is 5.75 Å². The number of hydrogen-bond acceptors (Lipinski definition) is 7. The van der Waals surface area contributed by atoms with Gasteiger partial charge in [-0.05, 0) is 61.4 Å². The van der Waals surface area contributed by atoms with Gasteiger partial charge in [-0.15, -0.1) is 23.1 Å². The van der Waals surface area contributed by atoms with Crippen molar-refractivity contribution >= 4 is 51.6 Å². The summed E-state index contributed by atoms with van der Waals surface area (Å²) in [6.07, 6.45) is 2.63. The number of aliphatic hydroxyl groups is 1. The molecule has 1 aliphatic rings. The van der Waals surface area contributed by atoms with E-state index in [0.717, 1.165) is 36.2 Å². The zero-order valence-corrected chi connectivity index (χ0v) is 21.4. The van der Waals surface area contributed by atoms with Crippen LogP contribution in [0, 0.1) is 11.8 Å². The lowest BCUT2D eigenvalue weighted by atomic mass is 9.81. The maximum absolute atomic E-state index is 12.0. The van der Waals surface area contributed by atoms with Crippen LogP contribution in [0.4, 0.5) is 0 Å². The van der Waals surface area contributed by atoms with Crippen LogP contribution in [0.3, 0.4) is 0 Å². The van der Waals surface area contributed by atoms with Crippen molar-refractivity contribution in [1.82, 2.24) is 9.88 Å². The number of fused-ring (bicyclic) bond motifs is 1. The van der Waals surface area contributed by atoms with Gasteiger partial charge in [0.2, 0.25) is 0 Å². The Kier molecular flexibility index (Phi) is 8.71. The molecule has 0 bridgehead atoms. The van der Waals surface area contributed by atoms with Crippen LogP contribution in [-0.2, 0) is 4.79 Å². The van der Waals surface area contributed by atoms with Crippen molar-refractivity contribution in [3.05, 3.63) is 52.5 Å². The number of halogens is 1. The number of aliphatic hydroxyl groups excluding tert-OH is 1. The lowest BCUT2D eigenvalue weighted by molar-refractivity contribution is -0.146. The Morgan fingerprint density at radius 1 is 1.41 bits per heavy atom. The molecular formula is C25H29ClN2O4S2. The number of hydrogen-bond donors (Lipinski definition) is 2. The molecule has 0 amide bonds. The van der Waals surface area contributed by atoms with Crippen LogP contribution in [-0.4, -0.2) is 58.6 Å². The summed E-state index contributed by atoms with van der Waals surface area (Å²) in [5.74, 6) is 0.452. The highest BCUT2D eigenvalue weighted by atomic mass is 35.5. The van der Waals surface area contributed by atoms with Crippen LogP contribution in [0.2, 0.25) is 5.02 Å². The van der Waals surface area contributed by atoms with Gasteiger partial charge >= 0.3 is 5.97 Å². The lowest BCUT2D eigenvalue weighted by Gasteiger charge is -2.37. The SMILES string of the molecule is COc1ccc2ncc(Cl)c([C@H](O)CCC3CCN(CCSc4cccs4)C[C@H]3C(=O)O)c2c1. The molecule has 182 valence electrons. The van der Waals surface area contributed by atoms with Gasteiger partial charge in [0.1, 0.15) is 5.75 Å². The van der Waals surface area contributed by atoms with Gasteiger partial charge in [-0.1, -0.05) is 17.7 Å². The summed E-state index contributed by atoms with van der Waals surface area (Å²) in [5, 5.41) is 24.2. The molecular weight excluding hydrogens is 492 g/mol. The molecule has 9 heteroatoms. The predicted molar refractivity (Wildman–Crippen MR) is 138 cm³/mol. The van der Waals surface area contributed by atoms with E-state index in [4.69, 9.17) is 16.3 Å². The van der Waals surface area contributed by atoms with Gasteiger partial charge in [-0.2, -0.15) is 0 Å². The number of rotatable bonds is 10. The second-order valence-electron chi connectivity index (χ2n) is 8.57. The number of benzene rings is 1. The number of carbonyl (C=O) groups is 1. The third-order valence-electron chi connectivity index (χ3n) is 6.52. The number of aliphatic carboxylic acids is 1. The number of carboxylic acids is 1. The Morgan fingerprint density at radius 2 is 2.26 bits per heavy atom. The van der Waals surface area contributed by atoms with Crippen molar-refractivity contribution in [2.45, 2.75) is 29.6 Å². The van der Waals surface area contributed by atoms with Crippen molar-refractivity contribution in [2.75, 3.05) is 32.5 Å². The molecule has 34 heavy (non-hydrogen) atoms. The normalized spacial score (nSPS) is 19.9. The molecule has 2 aromatic heterocycles. The van der Waals surface area contributed by atoms with Gasteiger partial charge in [0.05, 0.1) is 33.9 Å². The third-order valence-corrected chi connectivity index (χ3v) is 8.93. The number of thiophene rings is 1. The largest absolute Gasteiger partial charge is 0.497 e. The third kappa shape index (κ3) is 6.04. The van der Waals surface area contributed by atoms with Gasteiger partial charge in [-0.3, -0.25) is 9.78 Å². The summed E-state index contributed by atoms with van der Waals surface area (Å²) < 4.78 is 6.62. The molecule has 3 aromatic rings. The first-order valence-electron chi connectivity index (χ1n) is 11.4. The number of nitrogens with zero attached hydrogens (tertiary/aromatic N) is 2. The fourth-order valence-electron chi connectivity index (χ4n) is 4.67. The van der Waals surface area contributed by atoms with Crippen LogP contribution in [0.15, 0.2) is 46.1 Å².